The zero-order valence-electron chi connectivity index (χ0n) is 13.3. The molecule has 2 N–H and O–H groups in total. The maximum Gasteiger partial charge on any atom is 0.436 e. The summed E-state index contributed by atoms with van der Waals surface area (Å²) in [5.41, 5.74) is -2.05. The van der Waals surface area contributed by atoms with Gasteiger partial charge in [-0.3, -0.25) is 19.6 Å². The van der Waals surface area contributed by atoms with E-state index in [1.165, 1.54) is 13.8 Å². The van der Waals surface area contributed by atoms with Crippen molar-refractivity contribution in [2.24, 2.45) is 0 Å². The number of benzene rings is 1. The number of carbonyl (C=O) groups is 1. The van der Waals surface area contributed by atoms with E-state index in [4.69, 9.17) is 11.6 Å². The molecule has 0 aliphatic carbocycles. The lowest BCUT2D eigenvalue weighted by molar-refractivity contribution is -0.384. The molecule has 1 heterocycles. The summed E-state index contributed by atoms with van der Waals surface area (Å²) in [5.74, 6) is -1.29. The number of carbonyl (C=O) groups excluding carboxylic acids is 1. The first-order valence-electron chi connectivity index (χ1n) is 7.03. The van der Waals surface area contributed by atoms with Gasteiger partial charge < -0.3 is 10.4 Å². The number of hydrogen-bond acceptors (Lipinski definition) is 5. The molecule has 0 radical (unpaired) electrons. The quantitative estimate of drug-likeness (QED) is 0.468. The van der Waals surface area contributed by atoms with Crippen LogP contribution < -0.4 is 5.32 Å². The van der Waals surface area contributed by atoms with Gasteiger partial charge in [0.05, 0.1) is 21.3 Å². The first kappa shape index (κ1) is 19.5. The number of phenols is 1. The Kier molecular flexibility index (Phi) is 5.12. The van der Waals surface area contributed by atoms with E-state index in [2.05, 4.69) is 10.4 Å². The number of hydrogen-bond donors (Lipinski definition) is 2. The smallest absolute Gasteiger partial charge is 0.436 e. The maximum atomic E-state index is 12.9. The monoisotopic (exact) mass is 392 g/mol. The summed E-state index contributed by atoms with van der Waals surface area (Å²) in [6.07, 6.45) is -4.79. The summed E-state index contributed by atoms with van der Waals surface area (Å²) in [7, 11) is 0. The van der Waals surface area contributed by atoms with E-state index in [0.29, 0.717) is 0 Å². The zero-order valence-corrected chi connectivity index (χ0v) is 14.1. The molecule has 1 aromatic carbocycles. The number of halogens is 4. The summed E-state index contributed by atoms with van der Waals surface area (Å²) >= 11 is 5.64. The number of phenolic OH excluding ortho intramolecular Hbond substituents is 1. The molecule has 140 valence electrons. The molecular weight excluding hydrogens is 381 g/mol. The molecular formula is C14H12ClF3N4O4. The van der Waals surface area contributed by atoms with Crippen LogP contribution in [-0.2, 0) is 11.0 Å². The van der Waals surface area contributed by atoms with Crippen LogP contribution in [-0.4, -0.2) is 25.7 Å². The minimum atomic E-state index is -4.79. The van der Waals surface area contributed by atoms with Crippen molar-refractivity contribution in [1.29, 1.82) is 0 Å². The van der Waals surface area contributed by atoms with E-state index in [1.807, 2.05) is 0 Å². The first-order valence-corrected chi connectivity index (χ1v) is 7.41. The number of aromatic nitrogens is 2. The molecule has 1 aromatic heterocycles. The van der Waals surface area contributed by atoms with Crippen LogP contribution in [0.2, 0.25) is 5.02 Å². The summed E-state index contributed by atoms with van der Waals surface area (Å²) in [6, 6.07) is 1.73. The number of aromatic hydroxyl groups is 1. The predicted molar refractivity (Wildman–Crippen MR) is 85.1 cm³/mol. The molecule has 0 fully saturated rings. The van der Waals surface area contributed by atoms with Crippen molar-refractivity contribution in [2.75, 3.05) is 5.32 Å². The number of nitro groups is 1. The third-order valence-corrected chi connectivity index (χ3v) is 3.99. The van der Waals surface area contributed by atoms with Crippen LogP contribution in [0.5, 0.6) is 5.75 Å². The van der Waals surface area contributed by atoms with Gasteiger partial charge in [-0.15, -0.1) is 0 Å². The third kappa shape index (κ3) is 3.72. The summed E-state index contributed by atoms with van der Waals surface area (Å²) in [4.78, 5) is 22.3. The van der Waals surface area contributed by atoms with Crippen LogP contribution in [0.4, 0.5) is 24.5 Å². The van der Waals surface area contributed by atoms with Gasteiger partial charge in [0.15, 0.2) is 5.69 Å². The molecule has 2 aromatic rings. The van der Waals surface area contributed by atoms with Crippen molar-refractivity contribution in [1.82, 2.24) is 9.78 Å². The highest BCUT2D eigenvalue weighted by atomic mass is 35.5. The van der Waals surface area contributed by atoms with Crippen molar-refractivity contribution >= 4 is 28.9 Å². The van der Waals surface area contributed by atoms with Crippen LogP contribution in [0.15, 0.2) is 18.2 Å². The Labute approximate surface area is 149 Å². The molecule has 0 spiro atoms. The van der Waals surface area contributed by atoms with Gasteiger partial charge in [-0.2, -0.15) is 18.3 Å². The van der Waals surface area contributed by atoms with Crippen molar-refractivity contribution in [3.63, 3.8) is 0 Å². The second-order valence-corrected chi connectivity index (χ2v) is 5.69. The predicted octanol–water partition coefficient (Wildman–Crippen LogP) is 3.68. The fourth-order valence-corrected chi connectivity index (χ4v) is 2.37. The topological polar surface area (TPSA) is 110 Å². The van der Waals surface area contributed by atoms with Crippen LogP contribution in [0.1, 0.15) is 24.4 Å². The number of amides is 1. The van der Waals surface area contributed by atoms with Crippen LogP contribution in [0, 0.1) is 17.0 Å². The average Bonchev–Trinajstić information content (AvgIpc) is 2.84. The van der Waals surface area contributed by atoms with Gasteiger partial charge in [0.25, 0.3) is 5.69 Å². The Morgan fingerprint density at radius 2 is 2.08 bits per heavy atom. The number of rotatable bonds is 4. The van der Waals surface area contributed by atoms with Crippen LogP contribution >= 0.6 is 11.6 Å². The molecule has 1 unspecified atom stereocenters. The molecule has 8 nitrogen and oxygen atoms in total. The number of non-ortho nitro benzene ring substituents is 1. The fraction of sp³-hybridized carbons (Fsp3) is 0.286. The third-order valence-electron chi connectivity index (χ3n) is 3.54. The van der Waals surface area contributed by atoms with E-state index in [9.17, 15) is 33.2 Å². The van der Waals surface area contributed by atoms with Gasteiger partial charge in [-0.05, 0) is 19.9 Å². The van der Waals surface area contributed by atoms with Crippen molar-refractivity contribution in [3.05, 3.63) is 44.7 Å². The van der Waals surface area contributed by atoms with Gasteiger partial charge in [0.1, 0.15) is 11.8 Å². The lowest BCUT2D eigenvalue weighted by atomic mass is 10.2. The molecule has 0 aliphatic heterocycles. The van der Waals surface area contributed by atoms with Crippen LogP contribution in [0.3, 0.4) is 0 Å². The van der Waals surface area contributed by atoms with E-state index in [-0.39, 0.29) is 17.1 Å². The molecule has 1 atom stereocenters. The van der Waals surface area contributed by atoms with Gasteiger partial charge in [-0.1, -0.05) is 11.6 Å². The lowest BCUT2D eigenvalue weighted by Gasteiger charge is -2.15. The minimum Gasteiger partial charge on any atom is -0.506 e. The van der Waals surface area contributed by atoms with Crippen LogP contribution in [0.25, 0.3) is 0 Å². The molecule has 26 heavy (non-hydrogen) atoms. The van der Waals surface area contributed by atoms with Crippen molar-refractivity contribution < 1.29 is 28.0 Å². The average molecular weight is 393 g/mol. The Morgan fingerprint density at radius 1 is 1.46 bits per heavy atom. The van der Waals surface area contributed by atoms with E-state index in [0.717, 1.165) is 22.9 Å². The molecule has 0 aliphatic rings. The number of anilines is 1. The standard InChI is InChI=1S/C14H12ClF3N4O4/c1-6-11(15)12(14(16,17)18)20-21(6)7(2)13(24)19-9-5-8(22(25)26)3-4-10(9)23/h3-5,7,23H,1-2H3,(H,19,24). The fourth-order valence-electron chi connectivity index (χ4n) is 2.14. The Balaban J connectivity index is 2.32. The highest BCUT2D eigenvalue weighted by Crippen LogP contribution is 2.36. The Hall–Kier alpha value is -2.82. The highest BCUT2D eigenvalue weighted by Gasteiger charge is 2.39. The number of nitro benzene ring substituents is 1. The largest absolute Gasteiger partial charge is 0.506 e. The molecule has 0 saturated carbocycles. The molecule has 2 rings (SSSR count). The van der Waals surface area contributed by atoms with E-state index in [1.54, 1.807) is 0 Å². The first-order chi connectivity index (χ1) is 11.9. The molecule has 1 amide bonds. The Morgan fingerprint density at radius 3 is 2.58 bits per heavy atom. The second kappa shape index (κ2) is 6.83. The maximum absolute atomic E-state index is 12.9. The van der Waals surface area contributed by atoms with Gasteiger partial charge >= 0.3 is 6.18 Å². The summed E-state index contributed by atoms with van der Waals surface area (Å²) in [6.45, 7) is 2.53. The van der Waals surface area contributed by atoms with Gasteiger partial charge in [0, 0.05) is 12.1 Å². The van der Waals surface area contributed by atoms with E-state index >= 15 is 0 Å². The number of nitrogens with one attached hydrogen (secondary N) is 1. The second-order valence-electron chi connectivity index (χ2n) is 5.31. The lowest BCUT2D eigenvalue weighted by Crippen LogP contribution is -2.25. The molecule has 0 saturated heterocycles. The SMILES string of the molecule is Cc1c(Cl)c(C(F)(F)F)nn1C(C)C(=O)Nc1cc([N+](=O)[O-])ccc1O. The van der Waals surface area contributed by atoms with E-state index < -0.39 is 39.5 Å². The van der Waals surface area contributed by atoms with Crippen molar-refractivity contribution in [2.45, 2.75) is 26.1 Å². The van der Waals surface area contributed by atoms with Gasteiger partial charge in [0.2, 0.25) is 5.91 Å². The Bertz CT molecular complexity index is 882. The highest BCUT2D eigenvalue weighted by molar-refractivity contribution is 6.32. The summed E-state index contributed by atoms with van der Waals surface area (Å²) in [5, 5.41) is 25.4. The minimum absolute atomic E-state index is 0.0788. The zero-order chi connectivity index (χ0) is 19.8. The molecule has 12 heteroatoms. The number of nitrogens with zero attached hydrogens (tertiary/aromatic N) is 3. The molecule has 0 bridgehead atoms. The normalized spacial score (nSPS) is 12.7. The summed E-state index contributed by atoms with van der Waals surface area (Å²) < 4.78 is 39.4. The number of alkyl halides is 3. The van der Waals surface area contributed by atoms with Crippen molar-refractivity contribution in [3.8, 4) is 5.75 Å². The van der Waals surface area contributed by atoms with Gasteiger partial charge in [-0.25, -0.2) is 0 Å².